The van der Waals surface area contributed by atoms with Crippen molar-refractivity contribution in [3.63, 3.8) is 0 Å². The molecule has 1 saturated carbocycles. The van der Waals surface area contributed by atoms with E-state index in [1.165, 1.54) is 5.01 Å². The van der Waals surface area contributed by atoms with Gasteiger partial charge in [-0.3, -0.25) is 9.59 Å². The highest BCUT2D eigenvalue weighted by atomic mass is 16.2. The van der Waals surface area contributed by atoms with Crippen LogP contribution in [-0.2, 0) is 9.59 Å². The molecule has 1 aliphatic carbocycles. The maximum absolute atomic E-state index is 12.1. The van der Waals surface area contributed by atoms with Crippen LogP contribution in [0.5, 0.6) is 0 Å². The number of nitrogens with zero attached hydrogens (tertiary/aromatic N) is 2. The third-order valence-electron chi connectivity index (χ3n) is 3.43. The predicted molar refractivity (Wildman–Crippen MR) is 59.3 cm³/mol. The monoisotopic (exact) mass is 225 g/mol. The summed E-state index contributed by atoms with van der Waals surface area (Å²) in [5.41, 5.74) is 0. The molecule has 2 fully saturated rings. The summed E-state index contributed by atoms with van der Waals surface area (Å²) in [4.78, 5) is 23.2. The quantitative estimate of drug-likeness (QED) is 0.686. The minimum Gasteiger partial charge on any atom is -0.314 e. The fourth-order valence-electron chi connectivity index (χ4n) is 2.49. The van der Waals surface area contributed by atoms with Crippen molar-refractivity contribution in [3.05, 3.63) is 0 Å². The minimum absolute atomic E-state index is 0.00519. The Balaban J connectivity index is 1.96. The van der Waals surface area contributed by atoms with Crippen LogP contribution >= 0.6 is 0 Å². The molecule has 2 rings (SSSR count). The molecule has 0 aromatic rings. The normalized spacial score (nSPS) is 23.2. The Kier molecular flexibility index (Phi) is 3.90. The molecule has 0 aromatic carbocycles. The summed E-state index contributed by atoms with van der Waals surface area (Å²) in [6.45, 7) is 3.14. The maximum atomic E-state index is 12.1. The van der Waals surface area contributed by atoms with Gasteiger partial charge in [0, 0.05) is 32.1 Å². The molecule has 16 heavy (non-hydrogen) atoms. The van der Waals surface area contributed by atoms with Crippen molar-refractivity contribution in [2.75, 3.05) is 26.2 Å². The summed E-state index contributed by atoms with van der Waals surface area (Å²) < 4.78 is 0. The summed E-state index contributed by atoms with van der Waals surface area (Å²) in [6.07, 6.45) is 4.78. The molecule has 2 aliphatic rings. The Labute approximate surface area is 95.7 Å². The first-order chi connectivity index (χ1) is 7.83. The highest BCUT2D eigenvalue weighted by Gasteiger charge is 2.30. The lowest BCUT2D eigenvalue weighted by atomic mass is 10.1. The lowest BCUT2D eigenvalue weighted by Gasteiger charge is -2.34. The van der Waals surface area contributed by atoms with Crippen LogP contribution < -0.4 is 5.32 Å². The van der Waals surface area contributed by atoms with E-state index in [-0.39, 0.29) is 11.8 Å². The molecule has 0 spiro atoms. The molecule has 90 valence electrons. The molecule has 0 unspecified atom stereocenters. The van der Waals surface area contributed by atoms with Gasteiger partial charge in [-0.1, -0.05) is 12.8 Å². The maximum Gasteiger partial charge on any atom is 0.246 e. The van der Waals surface area contributed by atoms with E-state index in [0.717, 1.165) is 51.9 Å². The first-order valence-electron chi connectivity index (χ1n) is 6.07. The smallest absolute Gasteiger partial charge is 0.246 e. The Morgan fingerprint density at radius 2 is 1.88 bits per heavy atom. The van der Waals surface area contributed by atoms with Crippen molar-refractivity contribution in [1.29, 1.82) is 0 Å². The molecular weight excluding hydrogens is 206 g/mol. The molecule has 0 aromatic heterocycles. The van der Waals surface area contributed by atoms with Gasteiger partial charge < -0.3 is 5.32 Å². The van der Waals surface area contributed by atoms with E-state index < -0.39 is 0 Å². The molecule has 1 aliphatic heterocycles. The fourth-order valence-corrected chi connectivity index (χ4v) is 2.49. The summed E-state index contributed by atoms with van der Waals surface area (Å²) in [5.74, 6) is 0.0643. The SMILES string of the molecule is O=CN(C(=O)C1CCCC1)N1CCNCC1. The molecule has 5 nitrogen and oxygen atoms in total. The van der Waals surface area contributed by atoms with Crippen molar-refractivity contribution < 1.29 is 9.59 Å². The summed E-state index contributed by atoms with van der Waals surface area (Å²) >= 11 is 0. The van der Waals surface area contributed by atoms with E-state index in [4.69, 9.17) is 0 Å². The van der Waals surface area contributed by atoms with Gasteiger partial charge in [-0.25, -0.2) is 10.0 Å². The molecule has 0 bridgehead atoms. The van der Waals surface area contributed by atoms with Crippen LogP contribution in [0.2, 0.25) is 0 Å². The third-order valence-corrected chi connectivity index (χ3v) is 3.43. The lowest BCUT2D eigenvalue weighted by molar-refractivity contribution is -0.160. The Bertz CT molecular complexity index is 258. The number of nitrogens with one attached hydrogen (secondary N) is 1. The van der Waals surface area contributed by atoms with Crippen molar-refractivity contribution in [2.24, 2.45) is 5.92 Å². The number of amides is 2. The van der Waals surface area contributed by atoms with E-state index in [9.17, 15) is 9.59 Å². The van der Waals surface area contributed by atoms with Gasteiger partial charge in [0.05, 0.1) is 0 Å². The summed E-state index contributed by atoms with van der Waals surface area (Å²) in [6, 6.07) is 0. The standard InChI is InChI=1S/C11H19N3O2/c15-9-14(13-7-5-12-6-8-13)11(16)10-3-1-2-4-10/h9-10,12H,1-8H2. The number of hydrogen-bond donors (Lipinski definition) is 1. The molecule has 1 saturated heterocycles. The molecule has 0 atom stereocenters. The van der Waals surface area contributed by atoms with Crippen molar-refractivity contribution in [2.45, 2.75) is 25.7 Å². The average Bonchev–Trinajstić information content (AvgIpc) is 2.85. The largest absolute Gasteiger partial charge is 0.314 e. The van der Waals surface area contributed by atoms with Crippen molar-refractivity contribution in [3.8, 4) is 0 Å². The number of imide groups is 1. The number of carbonyl (C=O) groups excluding carboxylic acids is 2. The number of hydrazine groups is 1. The topological polar surface area (TPSA) is 52.7 Å². The molecule has 5 heteroatoms. The summed E-state index contributed by atoms with van der Waals surface area (Å²) in [7, 11) is 0. The zero-order valence-electron chi connectivity index (χ0n) is 9.52. The van der Waals surface area contributed by atoms with E-state index >= 15 is 0 Å². The van der Waals surface area contributed by atoms with Crippen LogP contribution in [0.25, 0.3) is 0 Å². The lowest BCUT2D eigenvalue weighted by Crippen LogP contribution is -2.55. The molecule has 1 N–H and O–H groups in total. The van der Waals surface area contributed by atoms with Gasteiger partial charge in [0.1, 0.15) is 0 Å². The fraction of sp³-hybridized carbons (Fsp3) is 0.818. The van der Waals surface area contributed by atoms with Crippen LogP contribution in [0.4, 0.5) is 0 Å². The number of rotatable bonds is 3. The van der Waals surface area contributed by atoms with Crippen LogP contribution in [-0.4, -0.2) is 48.5 Å². The predicted octanol–water partition coefficient (Wildman–Crippen LogP) is -0.0182. The van der Waals surface area contributed by atoms with Gasteiger partial charge in [-0.15, -0.1) is 0 Å². The first kappa shape index (κ1) is 11.5. The second-order valence-corrected chi connectivity index (χ2v) is 4.47. The Hall–Kier alpha value is -0.940. The van der Waals surface area contributed by atoms with E-state index in [2.05, 4.69) is 5.32 Å². The zero-order valence-corrected chi connectivity index (χ0v) is 9.52. The number of hydrogen-bond acceptors (Lipinski definition) is 4. The molecule has 0 radical (unpaired) electrons. The van der Waals surface area contributed by atoms with Gasteiger partial charge in [-0.2, -0.15) is 0 Å². The van der Waals surface area contributed by atoms with Gasteiger partial charge >= 0.3 is 0 Å². The van der Waals surface area contributed by atoms with E-state index in [1.807, 2.05) is 5.01 Å². The van der Waals surface area contributed by atoms with Gasteiger partial charge in [0.2, 0.25) is 12.3 Å². The van der Waals surface area contributed by atoms with Crippen molar-refractivity contribution in [1.82, 2.24) is 15.3 Å². The number of piperazine rings is 1. The second kappa shape index (κ2) is 5.41. The highest BCUT2D eigenvalue weighted by molar-refractivity contribution is 5.87. The Morgan fingerprint density at radius 3 is 2.44 bits per heavy atom. The second-order valence-electron chi connectivity index (χ2n) is 4.47. The van der Waals surface area contributed by atoms with Crippen molar-refractivity contribution >= 4 is 12.3 Å². The summed E-state index contributed by atoms with van der Waals surface area (Å²) in [5, 5.41) is 6.36. The van der Waals surface area contributed by atoms with Gasteiger partial charge in [0.15, 0.2) is 0 Å². The first-order valence-corrected chi connectivity index (χ1v) is 6.07. The highest BCUT2D eigenvalue weighted by Crippen LogP contribution is 2.26. The van der Waals surface area contributed by atoms with Crippen LogP contribution in [0.3, 0.4) is 0 Å². The third kappa shape index (κ3) is 2.41. The van der Waals surface area contributed by atoms with E-state index in [1.54, 1.807) is 0 Å². The Morgan fingerprint density at radius 1 is 1.25 bits per heavy atom. The number of carbonyl (C=O) groups is 2. The van der Waals surface area contributed by atoms with Gasteiger partial charge in [0.25, 0.3) is 0 Å². The molecular formula is C11H19N3O2. The zero-order chi connectivity index (χ0) is 11.4. The van der Waals surface area contributed by atoms with Crippen LogP contribution in [0.1, 0.15) is 25.7 Å². The van der Waals surface area contributed by atoms with Gasteiger partial charge in [-0.05, 0) is 12.8 Å². The van der Waals surface area contributed by atoms with Crippen LogP contribution in [0.15, 0.2) is 0 Å². The average molecular weight is 225 g/mol. The molecule has 1 heterocycles. The minimum atomic E-state index is -0.00519. The van der Waals surface area contributed by atoms with Crippen LogP contribution in [0, 0.1) is 5.92 Å². The molecule has 2 amide bonds. The van der Waals surface area contributed by atoms with E-state index in [0.29, 0.717) is 6.41 Å².